The molecule has 1 aliphatic heterocycles. The van der Waals surface area contributed by atoms with E-state index < -0.39 is 11.6 Å². The van der Waals surface area contributed by atoms with Gasteiger partial charge in [0.05, 0.1) is 29.7 Å². The highest BCUT2D eigenvalue weighted by atomic mass is 35.5. The predicted octanol–water partition coefficient (Wildman–Crippen LogP) is 3.93. The number of hydrogen-bond donors (Lipinski definition) is 2. The van der Waals surface area contributed by atoms with Crippen LogP contribution in [0.1, 0.15) is 35.1 Å². The second-order valence-electron chi connectivity index (χ2n) is 8.73. The molecule has 0 unspecified atom stereocenters. The lowest BCUT2D eigenvalue weighted by atomic mass is 10.00. The molecule has 180 valence electrons. The van der Waals surface area contributed by atoms with Crippen molar-refractivity contribution in [3.8, 4) is 5.75 Å². The highest BCUT2D eigenvalue weighted by molar-refractivity contribution is 6.33. The van der Waals surface area contributed by atoms with Crippen molar-refractivity contribution in [3.63, 3.8) is 0 Å². The summed E-state index contributed by atoms with van der Waals surface area (Å²) in [5, 5.41) is 14.9. The molecule has 1 saturated heterocycles. The number of esters is 1. The molecular formula is C26H29ClN2O5. The Morgan fingerprint density at radius 3 is 2.62 bits per heavy atom. The van der Waals surface area contributed by atoms with Crippen LogP contribution in [0, 0.1) is 6.92 Å². The van der Waals surface area contributed by atoms with Gasteiger partial charge in [-0.25, -0.2) is 4.79 Å². The van der Waals surface area contributed by atoms with E-state index in [2.05, 4.69) is 34.5 Å². The molecular weight excluding hydrogens is 456 g/mol. The fraction of sp³-hybridized carbons (Fsp3) is 0.385. The van der Waals surface area contributed by atoms with E-state index in [0.29, 0.717) is 23.1 Å². The van der Waals surface area contributed by atoms with Crippen molar-refractivity contribution < 1.29 is 19.1 Å². The third-order valence-electron chi connectivity index (χ3n) is 6.55. The molecule has 8 heteroatoms. The number of aryl methyl sites for hydroxylation is 1. The van der Waals surface area contributed by atoms with Gasteiger partial charge in [-0.3, -0.25) is 9.69 Å². The minimum Gasteiger partial charge on any atom is -0.506 e. The van der Waals surface area contributed by atoms with Crippen LogP contribution in [0.25, 0.3) is 11.0 Å². The number of rotatable bonds is 7. The molecule has 1 aliphatic rings. The first kappa shape index (κ1) is 24.3. The Morgan fingerprint density at radius 2 is 1.94 bits per heavy atom. The Kier molecular flexibility index (Phi) is 7.56. The Hall–Kier alpha value is -2.87. The Balaban J connectivity index is 1.49. The average Bonchev–Trinajstić information content (AvgIpc) is 2.84. The summed E-state index contributed by atoms with van der Waals surface area (Å²) in [5.74, 6) is -0.633. The summed E-state index contributed by atoms with van der Waals surface area (Å²) < 4.78 is 10.3. The topological polar surface area (TPSA) is 92.0 Å². The monoisotopic (exact) mass is 484 g/mol. The van der Waals surface area contributed by atoms with Gasteiger partial charge in [0.15, 0.2) is 0 Å². The molecule has 0 atom stereocenters. The first-order valence-corrected chi connectivity index (χ1v) is 11.8. The number of aromatic hydroxyl groups is 1. The minimum absolute atomic E-state index is 0.105. The second kappa shape index (κ2) is 10.6. The fourth-order valence-electron chi connectivity index (χ4n) is 4.51. The second-order valence-corrected chi connectivity index (χ2v) is 9.13. The van der Waals surface area contributed by atoms with E-state index in [9.17, 15) is 14.7 Å². The van der Waals surface area contributed by atoms with Crippen LogP contribution < -0.4 is 10.9 Å². The Labute approximate surface area is 203 Å². The molecule has 2 heterocycles. The lowest BCUT2D eigenvalue weighted by Crippen LogP contribution is -2.41. The lowest BCUT2D eigenvalue weighted by molar-refractivity contribution is -0.139. The van der Waals surface area contributed by atoms with Gasteiger partial charge in [-0.05, 0) is 50.0 Å². The van der Waals surface area contributed by atoms with E-state index in [1.54, 1.807) is 13.0 Å². The summed E-state index contributed by atoms with van der Waals surface area (Å²) >= 11 is 6.31. The summed E-state index contributed by atoms with van der Waals surface area (Å²) in [6, 6.07) is 12.3. The van der Waals surface area contributed by atoms with Gasteiger partial charge in [-0.2, -0.15) is 0 Å². The van der Waals surface area contributed by atoms with E-state index in [4.69, 9.17) is 20.8 Å². The van der Waals surface area contributed by atoms with Crippen LogP contribution in [-0.2, 0) is 29.0 Å². The molecule has 1 aromatic heterocycles. The molecule has 34 heavy (non-hydrogen) atoms. The van der Waals surface area contributed by atoms with Crippen LogP contribution in [-0.4, -0.2) is 42.2 Å². The number of methoxy groups -OCH3 is 1. The number of fused-ring (bicyclic) bond motifs is 1. The first-order chi connectivity index (χ1) is 16.4. The Morgan fingerprint density at radius 1 is 1.24 bits per heavy atom. The van der Waals surface area contributed by atoms with Gasteiger partial charge in [-0.1, -0.05) is 41.9 Å². The van der Waals surface area contributed by atoms with Crippen LogP contribution in [0.5, 0.6) is 5.75 Å². The zero-order valence-corrected chi connectivity index (χ0v) is 20.2. The van der Waals surface area contributed by atoms with E-state index in [1.807, 2.05) is 6.07 Å². The number of phenols is 1. The molecule has 7 nitrogen and oxygen atoms in total. The third-order valence-corrected chi connectivity index (χ3v) is 6.84. The van der Waals surface area contributed by atoms with Crippen LogP contribution in [0.2, 0.25) is 5.02 Å². The predicted molar refractivity (Wildman–Crippen MR) is 131 cm³/mol. The van der Waals surface area contributed by atoms with Crippen molar-refractivity contribution in [2.45, 2.75) is 45.3 Å². The van der Waals surface area contributed by atoms with Gasteiger partial charge < -0.3 is 19.6 Å². The van der Waals surface area contributed by atoms with Gasteiger partial charge in [-0.15, -0.1) is 0 Å². The normalized spacial score (nSPS) is 15.0. The molecule has 0 saturated carbocycles. The van der Waals surface area contributed by atoms with E-state index in [1.165, 1.54) is 12.7 Å². The number of piperidine rings is 1. The zero-order valence-electron chi connectivity index (χ0n) is 19.4. The summed E-state index contributed by atoms with van der Waals surface area (Å²) in [4.78, 5) is 26.8. The number of hydrogen-bond acceptors (Lipinski definition) is 7. The first-order valence-electron chi connectivity index (χ1n) is 11.4. The van der Waals surface area contributed by atoms with Crippen molar-refractivity contribution in [2.24, 2.45) is 0 Å². The van der Waals surface area contributed by atoms with Crippen molar-refractivity contribution in [1.29, 1.82) is 0 Å². The maximum absolute atomic E-state index is 12.6. The molecule has 0 amide bonds. The SMILES string of the molecule is COC(=O)Cc1c(C)c2cc(Cl)c(O)c(CNC3CCN(Cc4ccccc4)CC3)c2oc1=O. The number of nitrogens with one attached hydrogen (secondary N) is 1. The lowest BCUT2D eigenvalue weighted by Gasteiger charge is -2.32. The third kappa shape index (κ3) is 5.27. The van der Waals surface area contributed by atoms with Crippen molar-refractivity contribution >= 4 is 28.5 Å². The molecule has 1 fully saturated rings. The number of likely N-dealkylation sites (tertiary alicyclic amines) is 1. The molecule has 3 aromatic rings. The molecule has 2 aromatic carbocycles. The number of carbonyl (C=O) groups is 1. The van der Waals surface area contributed by atoms with Crippen molar-refractivity contribution in [1.82, 2.24) is 10.2 Å². The largest absolute Gasteiger partial charge is 0.506 e. The van der Waals surface area contributed by atoms with Gasteiger partial charge in [0.2, 0.25) is 0 Å². The van der Waals surface area contributed by atoms with Crippen LogP contribution in [0.4, 0.5) is 0 Å². The van der Waals surface area contributed by atoms with Crippen LogP contribution in [0.15, 0.2) is 45.6 Å². The smallest absolute Gasteiger partial charge is 0.340 e. The quantitative estimate of drug-likeness (QED) is 0.387. The maximum atomic E-state index is 12.6. The summed E-state index contributed by atoms with van der Waals surface area (Å²) in [5.41, 5.74) is 2.24. The van der Waals surface area contributed by atoms with Crippen molar-refractivity contribution in [2.75, 3.05) is 20.2 Å². The zero-order chi connectivity index (χ0) is 24.2. The standard InChI is InChI=1S/C26H29ClN2O5/c1-16-19-12-22(27)24(31)21(25(19)34-26(32)20(16)13-23(30)33-2)14-28-18-8-10-29(11-9-18)15-17-6-4-3-5-7-17/h3-7,12,18,28,31H,8-11,13-15H2,1-2H3. The highest BCUT2D eigenvalue weighted by Crippen LogP contribution is 2.36. The summed E-state index contributed by atoms with van der Waals surface area (Å²) in [6.07, 6.45) is 1.75. The molecule has 4 rings (SSSR count). The molecule has 0 radical (unpaired) electrons. The summed E-state index contributed by atoms with van der Waals surface area (Å²) in [6.45, 7) is 4.93. The number of ether oxygens (including phenoxy) is 1. The molecule has 2 N–H and O–H groups in total. The molecule has 0 aliphatic carbocycles. The summed E-state index contributed by atoms with van der Waals surface area (Å²) in [7, 11) is 1.27. The van der Waals surface area contributed by atoms with Gasteiger partial charge >= 0.3 is 11.6 Å². The van der Waals surface area contributed by atoms with Crippen LogP contribution >= 0.6 is 11.6 Å². The van der Waals surface area contributed by atoms with E-state index in [0.717, 1.165) is 32.5 Å². The Bertz CT molecular complexity index is 1230. The van der Waals surface area contributed by atoms with Crippen LogP contribution in [0.3, 0.4) is 0 Å². The minimum atomic E-state index is -0.618. The number of benzene rings is 2. The molecule has 0 spiro atoms. The average molecular weight is 485 g/mol. The number of phenolic OH excluding ortho intramolecular Hbond substituents is 1. The molecule has 0 bridgehead atoms. The van der Waals surface area contributed by atoms with Gasteiger partial charge in [0.1, 0.15) is 11.3 Å². The van der Waals surface area contributed by atoms with E-state index in [-0.39, 0.29) is 34.4 Å². The maximum Gasteiger partial charge on any atom is 0.340 e. The number of nitrogens with zero attached hydrogens (tertiary/aromatic N) is 1. The van der Waals surface area contributed by atoms with E-state index >= 15 is 0 Å². The van der Waals surface area contributed by atoms with Crippen molar-refractivity contribution in [3.05, 3.63) is 74.1 Å². The fourth-order valence-corrected chi connectivity index (χ4v) is 4.73. The number of carbonyl (C=O) groups excluding carboxylic acids is 1. The number of halogens is 1. The van der Waals surface area contributed by atoms with Gasteiger partial charge in [0.25, 0.3) is 0 Å². The highest BCUT2D eigenvalue weighted by Gasteiger charge is 2.23. The van der Waals surface area contributed by atoms with Gasteiger partial charge in [0, 0.05) is 24.5 Å².